The Bertz CT molecular complexity index is 945. The van der Waals surface area contributed by atoms with E-state index in [2.05, 4.69) is 26.1 Å². The highest BCUT2D eigenvalue weighted by atomic mass is 79.9. The first-order valence-electron chi connectivity index (χ1n) is 9.04. The molecule has 0 aliphatic rings. The summed E-state index contributed by atoms with van der Waals surface area (Å²) in [5.41, 5.74) is 6.13. The number of nitrogens with two attached hydrogens (primary N) is 1. The molecule has 1 amide bonds. The molecule has 152 valence electrons. The number of aromatic nitrogens is 3. The molecule has 3 rings (SSSR count). The predicted octanol–water partition coefficient (Wildman–Crippen LogP) is 3.98. The van der Waals surface area contributed by atoms with Crippen molar-refractivity contribution in [3.8, 4) is 17.2 Å². The molecule has 29 heavy (non-hydrogen) atoms. The number of benzene rings is 2. The van der Waals surface area contributed by atoms with E-state index < -0.39 is 0 Å². The first-order chi connectivity index (χ1) is 14.1. The van der Waals surface area contributed by atoms with Crippen molar-refractivity contribution in [2.75, 3.05) is 12.4 Å². The molecular formula is C20H21BrN4O3S. The zero-order valence-electron chi connectivity index (χ0n) is 15.9. The number of hydrogen-bond donors (Lipinski definition) is 1. The van der Waals surface area contributed by atoms with Gasteiger partial charge in [-0.05, 0) is 55.5 Å². The Morgan fingerprint density at radius 1 is 1.07 bits per heavy atom. The summed E-state index contributed by atoms with van der Waals surface area (Å²) in [7, 11) is 0. The fourth-order valence-electron chi connectivity index (χ4n) is 2.53. The monoisotopic (exact) mass is 476 g/mol. The Morgan fingerprint density at radius 3 is 2.38 bits per heavy atom. The largest absolute Gasteiger partial charge is 0.494 e. The highest BCUT2D eigenvalue weighted by Crippen LogP contribution is 2.25. The van der Waals surface area contributed by atoms with Crippen LogP contribution in [0.3, 0.4) is 0 Å². The van der Waals surface area contributed by atoms with Crippen molar-refractivity contribution < 1.29 is 14.3 Å². The number of amides is 1. The lowest BCUT2D eigenvalue weighted by molar-refractivity contribution is -0.117. The minimum Gasteiger partial charge on any atom is -0.494 e. The van der Waals surface area contributed by atoms with E-state index in [9.17, 15) is 4.79 Å². The maximum Gasteiger partial charge on any atom is 0.218 e. The third-order valence-corrected chi connectivity index (χ3v) is 5.33. The van der Waals surface area contributed by atoms with Gasteiger partial charge in [0.2, 0.25) is 5.91 Å². The van der Waals surface area contributed by atoms with Crippen molar-refractivity contribution in [2.24, 2.45) is 5.73 Å². The molecule has 9 heteroatoms. The molecule has 7 nitrogen and oxygen atoms in total. The number of thioether (sulfide) groups is 1. The average Bonchev–Trinajstić information content (AvgIpc) is 3.11. The maximum absolute atomic E-state index is 11.1. The molecule has 0 saturated heterocycles. The first-order valence-corrected chi connectivity index (χ1v) is 10.8. The molecule has 0 saturated carbocycles. The van der Waals surface area contributed by atoms with Gasteiger partial charge in [0.1, 0.15) is 18.1 Å². The predicted molar refractivity (Wildman–Crippen MR) is 116 cm³/mol. The van der Waals surface area contributed by atoms with Gasteiger partial charge in [0.05, 0.1) is 6.61 Å². The second-order valence-corrected chi connectivity index (χ2v) is 7.95. The van der Waals surface area contributed by atoms with Crippen LogP contribution >= 0.6 is 27.7 Å². The summed E-state index contributed by atoms with van der Waals surface area (Å²) in [5.74, 6) is 2.36. The van der Waals surface area contributed by atoms with Gasteiger partial charge in [0.15, 0.2) is 11.0 Å². The molecule has 0 aliphatic heterocycles. The Kier molecular flexibility index (Phi) is 7.54. The summed E-state index contributed by atoms with van der Waals surface area (Å²) in [6, 6.07) is 15.3. The maximum atomic E-state index is 11.1. The topological polar surface area (TPSA) is 92.3 Å². The van der Waals surface area contributed by atoms with E-state index in [0.29, 0.717) is 23.3 Å². The number of hydrogen-bond acceptors (Lipinski definition) is 6. The van der Waals surface area contributed by atoms with Crippen LogP contribution in [-0.2, 0) is 11.4 Å². The van der Waals surface area contributed by atoms with E-state index in [4.69, 9.17) is 15.2 Å². The van der Waals surface area contributed by atoms with Crippen LogP contribution in [-0.4, -0.2) is 33.0 Å². The van der Waals surface area contributed by atoms with Gasteiger partial charge in [0, 0.05) is 22.3 Å². The number of carbonyl (C=O) groups is 1. The van der Waals surface area contributed by atoms with E-state index in [1.807, 2.05) is 60.0 Å². The molecule has 0 radical (unpaired) electrons. The molecule has 2 N–H and O–H groups in total. The van der Waals surface area contributed by atoms with Gasteiger partial charge in [-0.1, -0.05) is 27.7 Å². The van der Waals surface area contributed by atoms with Gasteiger partial charge in [-0.15, -0.1) is 10.2 Å². The summed E-state index contributed by atoms with van der Waals surface area (Å²) in [6.07, 6.45) is 0.269. The number of carbonyl (C=O) groups excluding carboxylic acids is 1. The highest BCUT2D eigenvalue weighted by molar-refractivity contribution is 9.10. The summed E-state index contributed by atoms with van der Waals surface area (Å²) in [6.45, 7) is 2.80. The van der Waals surface area contributed by atoms with Gasteiger partial charge in [-0.3, -0.25) is 9.36 Å². The lowest BCUT2D eigenvalue weighted by Gasteiger charge is -2.12. The second-order valence-electron chi connectivity index (χ2n) is 5.97. The SMILES string of the molecule is CCOc1ccc(-n2c(COc3ccc(Br)cc3)nnc2SCCC(N)=O)cc1. The van der Waals surface area contributed by atoms with Crippen LogP contribution in [0.2, 0.25) is 0 Å². The van der Waals surface area contributed by atoms with Crippen LogP contribution < -0.4 is 15.2 Å². The lowest BCUT2D eigenvalue weighted by atomic mass is 10.3. The van der Waals surface area contributed by atoms with Gasteiger partial charge in [0.25, 0.3) is 0 Å². The summed E-state index contributed by atoms with van der Waals surface area (Å²) < 4.78 is 14.3. The zero-order chi connectivity index (χ0) is 20.6. The van der Waals surface area contributed by atoms with E-state index >= 15 is 0 Å². The fourth-order valence-corrected chi connectivity index (χ4v) is 3.71. The van der Waals surface area contributed by atoms with Crippen LogP contribution in [0.15, 0.2) is 58.2 Å². The number of rotatable bonds is 10. The van der Waals surface area contributed by atoms with Gasteiger partial charge < -0.3 is 15.2 Å². The van der Waals surface area contributed by atoms with Crippen molar-refractivity contribution in [3.63, 3.8) is 0 Å². The van der Waals surface area contributed by atoms with Gasteiger partial charge >= 0.3 is 0 Å². The van der Waals surface area contributed by atoms with Crippen LogP contribution in [0.5, 0.6) is 11.5 Å². The molecule has 0 aliphatic carbocycles. The second kappa shape index (κ2) is 10.3. The average molecular weight is 477 g/mol. The van der Waals surface area contributed by atoms with Crippen LogP contribution in [0.4, 0.5) is 0 Å². The molecule has 1 aromatic heterocycles. The minimum absolute atomic E-state index is 0.248. The van der Waals surface area contributed by atoms with Crippen LogP contribution in [0.25, 0.3) is 5.69 Å². The highest BCUT2D eigenvalue weighted by Gasteiger charge is 2.16. The zero-order valence-corrected chi connectivity index (χ0v) is 18.3. The number of halogens is 1. The third-order valence-electron chi connectivity index (χ3n) is 3.87. The molecule has 2 aromatic carbocycles. The molecule has 0 fully saturated rings. The van der Waals surface area contributed by atoms with Crippen molar-refractivity contribution in [1.29, 1.82) is 0 Å². The lowest BCUT2D eigenvalue weighted by Crippen LogP contribution is -2.11. The molecular weight excluding hydrogens is 456 g/mol. The van der Waals surface area contributed by atoms with Crippen molar-refractivity contribution in [3.05, 3.63) is 58.8 Å². The van der Waals surface area contributed by atoms with E-state index in [1.54, 1.807) is 0 Å². The van der Waals surface area contributed by atoms with Crippen LogP contribution in [0.1, 0.15) is 19.2 Å². The molecule has 0 spiro atoms. The molecule has 1 heterocycles. The molecule has 0 bridgehead atoms. The summed E-state index contributed by atoms with van der Waals surface area (Å²) >= 11 is 4.83. The summed E-state index contributed by atoms with van der Waals surface area (Å²) in [4.78, 5) is 11.1. The first kappa shape index (κ1) is 21.2. The fraction of sp³-hybridized carbons (Fsp3) is 0.250. The standard InChI is InChI=1S/C20H21BrN4O3S/c1-2-27-16-9-5-15(6-10-16)25-19(13-28-17-7-3-14(21)4-8-17)23-24-20(25)29-12-11-18(22)26/h3-10H,2,11-13H2,1H3,(H2,22,26). The third kappa shape index (κ3) is 5.98. The number of nitrogens with zero attached hydrogens (tertiary/aromatic N) is 3. The van der Waals surface area contributed by atoms with Crippen molar-refractivity contribution in [2.45, 2.75) is 25.1 Å². The van der Waals surface area contributed by atoms with Crippen molar-refractivity contribution >= 4 is 33.6 Å². The summed E-state index contributed by atoms with van der Waals surface area (Å²) in [5, 5.41) is 9.24. The Hall–Kier alpha value is -2.52. The Morgan fingerprint density at radius 2 is 1.72 bits per heavy atom. The number of ether oxygens (including phenoxy) is 2. The Balaban J connectivity index is 1.83. The van der Waals surface area contributed by atoms with Crippen molar-refractivity contribution in [1.82, 2.24) is 14.8 Å². The molecule has 0 atom stereocenters. The van der Waals surface area contributed by atoms with E-state index in [-0.39, 0.29) is 18.9 Å². The normalized spacial score (nSPS) is 10.7. The minimum atomic E-state index is -0.344. The van der Waals surface area contributed by atoms with Gasteiger partial charge in [-0.25, -0.2) is 0 Å². The smallest absolute Gasteiger partial charge is 0.218 e. The molecule has 0 unspecified atom stereocenters. The van der Waals surface area contributed by atoms with E-state index in [0.717, 1.165) is 21.7 Å². The van der Waals surface area contributed by atoms with E-state index in [1.165, 1.54) is 11.8 Å². The number of primary amides is 1. The van der Waals surface area contributed by atoms with Crippen LogP contribution in [0, 0.1) is 0 Å². The Labute approximate surface area is 181 Å². The molecule has 3 aromatic rings. The quantitative estimate of drug-likeness (QED) is 0.445. The van der Waals surface area contributed by atoms with Gasteiger partial charge in [-0.2, -0.15) is 0 Å².